The Labute approximate surface area is 187 Å². The molecule has 1 aromatic carbocycles. The van der Waals surface area contributed by atoms with Gasteiger partial charge >= 0.3 is 0 Å². The van der Waals surface area contributed by atoms with Crippen molar-refractivity contribution in [3.05, 3.63) is 65.7 Å². The highest BCUT2D eigenvalue weighted by Crippen LogP contribution is 2.36. The highest BCUT2D eigenvalue weighted by atomic mass is 19.1. The number of nitrogens with zero attached hydrogens (tertiary/aromatic N) is 4. The zero-order valence-corrected chi connectivity index (χ0v) is 18.6. The number of nitrogens with one attached hydrogen (secondary N) is 1. The molecule has 3 aromatic rings. The molecule has 166 valence electrons. The molecular weight excluding hydrogens is 405 g/mol. The van der Waals surface area contributed by atoms with Crippen LogP contribution in [-0.4, -0.2) is 38.7 Å². The molecule has 0 saturated carbocycles. The molecule has 1 aliphatic rings. The maximum absolute atomic E-state index is 13.9. The molecule has 2 aromatic heterocycles. The Balaban J connectivity index is 1.71. The van der Waals surface area contributed by atoms with Crippen LogP contribution in [0.3, 0.4) is 0 Å². The molecule has 0 bridgehead atoms. The number of pyridine rings is 1. The average molecular weight is 434 g/mol. The summed E-state index contributed by atoms with van der Waals surface area (Å²) in [5, 5.41) is 12.9. The average Bonchev–Trinajstić information content (AvgIpc) is 2.79. The molecule has 1 aliphatic heterocycles. The Morgan fingerprint density at radius 2 is 1.94 bits per heavy atom. The fourth-order valence-corrected chi connectivity index (χ4v) is 4.01. The maximum Gasteiger partial charge on any atom is 0.165 e. The number of hydrogen-bond acceptors (Lipinski definition) is 6. The smallest absolute Gasteiger partial charge is 0.165 e. The Hall–Kier alpha value is -3.48. The zero-order valence-electron chi connectivity index (χ0n) is 18.6. The normalized spacial score (nSPS) is 15.2. The van der Waals surface area contributed by atoms with Gasteiger partial charge in [0.05, 0.1) is 11.8 Å². The Kier molecular flexibility index (Phi) is 6.35. The van der Waals surface area contributed by atoms with Gasteiger partial charge in [-0.3, -0.25) is 4.98 Å². The third kappa shape index (κ3) is 4.56. The van der Waals surface area contributed by atoms with Gasteiger partial charge in [0.25, 0.3) is 0 Å². The number of fused-ring (bicyclic) bond motifs is 1. The van der Waals surface area contributed by atoms with Gasteiger partial charge in [0.1, 0.15) is 23.2 Å². The lowest BCUT2D eigenvalue weighted by molar-refractivity contribution is 0.475. The molecule has 2 N–H and O–H groups in total. The first kappa shape index (κ1) is 21.7. The van der Waals surface area contributed by atoms with Gasteiger partial charge in [-0.15, -0.1) is 0 Å². The number of hydrogen-bond donors (Lipinski definition) is 2. The van der Waals surface area contributed by atoms with Crippen molar-refractivity contribution in [3.8, 4) is 17.1 Å². The van der Waals surface area contributed by atoms with Gasteiger partial charge in [-0.25, -0.2) is 14.4 Å². The van der Waals surface area contributed by atoms with E-state index in [-0.39, 0.29) is 17.8 Å². The standard InChI is InChI=1S/C25H28FN5O/c1-4-20-7-10-22-24(28-12-11-17-5-8-21(32)9-6-17)29-23(18-13-19(26)15-27-14-18)30-25(22)31(20)16(2)3/h5-10,13-16,20,32H,4,11-12H2,1-3H3,(H,28,29,30). The summed E-state index contributed by atoms with van der Waals surface area (Å²) in [5.74, 6) is 1.83. The van der Waals surface area contributed by atoms with Crippen LogP contribution in [0.1, 0.15) is 38.3 Å². The minimum atomic E-state index is -0.419. The second-order valence-corrected chi connectivity index (χ2v) is 8.20. The summed E-state index contributed by atoms with van der Waals surface area (Å²) >= 11 is 0. The van der Waals surface area contributed by atoms with E-state index in [4.69, 9.17) is 9.97 Å². The molecule has 7 heteroatoms. The maximum atomic E-state index is 13.9. The number of phenols is 1. The Bertz CT molecular complexity index is 1110. The van der Waals surface area contributed by atoms with Gasteiger partial charge in [-0.1, -0.05) is 25.1 Å². The minimum Gasteiger partial charge on any atom is -0.508 e. The second-order valence-electron chi connectivity index (χ2n) is 8.20. The summed E-state index contributed by atoms with van der Waals surface area (Å²) < 4.78 is 13.9. The highest BCUT2D eigenvalue weighted by Gasteiger charge is 2.28. The van der Waals surface area contributed by atoms with Crippen molar-refractivity contribution in [1.82, 2.24) is 15.0 Å². The first-order valence-electron chi connectivity index (χ1n) is 11.0. The molecule has 1 atom stereocenters. The molecule has 4 rings (SSSR count). The largest absolute Gasteiger partial charge is 0.508 e. The molecule has 0 spiro atoms. The first-order valence-corrected chi connectivity index (χ1v) is 11.0. The highest BCUT2D eigenvalue weighted by molar-refractivity contribution is 5.79. The van der Waals surface area contributed by atoms with Crippen LogP contribution < -0.4 is 10.2 Å². The van der Waals surface area contributed by atoms with Gasteiger partial charge in [-0.2, -0.15) is 0 Å². The molecule has 3 heterocycles. The summed E-state index contributed by atoms with van der Waals surface area (Å²) in [6.07, 6.45) is 8.76. The van der Waals surface area contributed by atoms with Crippen LogP contribution in [0.25, 0.3) is 17.5 Å². The Morgan fingerprint density at radius 3 is 2.62 bits per heavy atom. The molecular formula is C25H28FN5O. The van der Waals surface area contributed by atoms with Crippen LogP contribution in [0.5, 0.6) is 5.75 Å². The monoisotopic (exact) mass is 433 g/mol. The van der Waals surface area contributed by atoms with Crippen molar-refractivity contribution in [1.29, 1.82) is 0 Å². The third-order valence-corrected chi connectivity index (χ3v) is 5.59. The third-order valence-electron chi connectivity index (χ3n) is 5.59. The van der Waals surface area contributed by atoms with Gasteiger partial charge in [0.2, 0.25) is 0 Å². The predicted molar refractivity (Wildman–Crippen MR) is 126 cm³/mol. The predicted octanol–water partition coefficient (Wildman–Crippen LogP) is 5.06. The minimum absolute atomic E-state index is 0.237. The van der Waals surface area contributed by atoms with E-state index in [0.29, 0.717) is 23.8 Å². The number of benzene rings is 1. The van der Waals surface area contributed by atoms with Crippen molar-refractivity contribution in [2.75, 3.05) is 16.8 Å². The summed E-state index contributed by atoms with van der Waals surface area (Å²) in [4.78, 5) is 15.9. The van der Waals surface area contributed by atoms with Crippen LogP contribution >= 0.6 is 0 Å². The number of aromatic hydroxyl groups is 1. The molecule has 0 fully saturated rings. The van der Waals surface area contributed by atoms with Crippen molar-refractivity contribution < 1.29 is 9.50 Å². The van der Waals surface area contributed by atoms with E-state index in [1.807, 2.05) is 12.1 Å². The number of halogens is 1. The van der Waals surface area contributed by atoms with Crippen molar-refractivity contribution >= 4 is 17.7 Å². The molecule has 0 aliphatic carbocycles. The number of anilines is 2. The first-order chi connectivity index (χ1) is 15.5. The van der Waals surface area contributed by atoms with E-state index < -0.39 is 5.82 Å². The van der Waals surface area contributed by atoms with Crippen LogP contribution in [-0.2, 0) is 6.42 Å². The van der Waals surface area contributed by atoms with Crippen LogP contribution in [0.4, 0.5) is 16.0 Å². The van der Waals surface area contributed by atoms with Gasteiger partial charge in [0.15, 0.2) is 5.82 Å². The summed E-state index contributed by atoms with van der Waals surface area (Å²) in [6.45, 7) is 7.11. The van der Waals surface area contributed by atoms with E-state index in [9.17, 15) is 9.50 Å². The molecule has 32 heavy (non-hydrogen) atoms. The fraction of sp³-hybridized carbons (Fsp3) is 0.320. The van der Waals surface area contributed by atoms with Crippen molar-refractivity contribution in [2.45, 2.75) is 45.7 Å². The summed E-state index contributed by atoms with van der Waals surface area (Å²) in [6, 6.07) is 9.06. The quantitative estimate of drug-likeness (QED) is 0.543. The number of aromatic nitrogens is 3. The molecule has 1 unspecified atom stereocenters. The topological polar surface area (TPSA) is 74.2 Å². The van der Waals surface area contributed by atoms with Crippen LogP contribution in [0, 0.1) is 5.82 Å². The van der Waals surface area contributed by atoms with Crippen molar-refractivity contribution in [2.24, 2.45) is 0 Å². The molecule has 0 radical (unpaired) electrons. The van der Waals surface area contributed by atoms with E-state index in [1.165, 1.54) is 12.3 Å². The molecule has 0 amide bonds. The van der Waals surface area contributed by atoms with Gasteiger partial charge in [0, 0.05) is 30.4 Å². The molecule has 0 saturated heterocycles. The number of phenolic OH excluding ortho intramolecular Hbond substituents is 1. The van der Waals surface area contributed by atoms with E-state index in [2.05, 4.69) is 48.1 Å². The van der Waals surface area contributed by atoms with Crippen LogP contribution in [0.2, 0.25) is 0 Å². The fourth-order valence-electron chi connectivity index (χ4n) is 4.01. The van der Waals surface area contributed by atoms with Crippen molar-refractivity contribution in [3.63, 3.8) is 0 Å². The summed E-state index contributed by atoms with van der Waals surface area (Å²) in [7, 11) is 0. The van der Waals surface area contributed by atoms with Crippen LogP contribution in [0.15, 0.2) is 48.8 Å². The second kappa shape index (κ2) is 9.34. The summed E-state index contributed by atoms with van der Waals surface area (Å²) in [5.41, 5.74) is 2.58. The van der Waals surface area contributed by atoms with Gasteiger partial charge in [-0.05, 0) is 56.5 Å². The lowest BCUT2D eigenvalue weighted by Gasteiger charge is -2.38. The number of rotatable bonds is 7. The Morgan fingerprint density at radius 1 is 1.16 bits per heavy atom. The lowest BCUT2D eigenvalue weighted by atomic mass is 10.0. The van der Waals surface area contributed by atoms with Gasteiger partial charge < -0.3 is 15.3 Å². The zero-order chi connectivity index (χ0) is 22.7. The lowest BCUT2D eigenvalue weighted by Crippen LogP contribution is -2.42. The van der Waals surface area contributed by atoms with E-state index in [0.717, 1.165) is 29.8 Å². The van der Waals surface area contributed by atoms with E-state index in [1.54, 1.807) is 18.3 Å². The van der Waals surface area contributed by atoms with E-state index >= 15 is 0 Å². The SMILES string of the molecule is CCC1C=Cc2c(NCCc3ccc(O)cc3)nc(-c3cncc(F)c3)nc2N1C(C)C. The molecule has 6 nitrogen and oxygen atoms in total.